The molecule has 9 rings (SSSR count). The van der Waals surface area contributed by atoms with Gasteiger partial charge in [-0.25, -0.2) is 18.4 Å². The van der Waals surface area contributed by atoms with Crippen LogP contribution in [0, 0.1) is 27.9 Å². The first-order valence-electron chi connectivity index (χ1n) is 28.0. The van der Waals surface area contributed by atoms with Crippen LogP contribution in [0.15, 0.2) is 64.4 Å². The van der Waals surface area contributed by atoms with Crippen molar-refractivity contribution in [2.24, 2.45) is 0 Å². The van der Waals surface area contributed by atoms with Gasteiger partial charge in [-0.2, -0.15) is 0 Å². The van der Waals surface area contributed by atoms with Crippen molar-refractivity contribution in [3.63, 3.8) is 0 Å². The molecular weight excluding hydrogens is 1010 g/mol. The Morgan fingerprint density at radius 1 is 0.646 bits per heavy atom. The molecule has 0 unspecified atom stereocenters. The van der Waals surface area contributed by atoms with E-state index in [0.717, 1.165) is 81.7 Å². The first kappa shape index (κ1) is 56.1. The van der Waals surface area contributed by atoms with Gasteiger partial charge < -0.3 is 49.2 Å². The van der Waals surface area contributed by atoms with Gasteiger partial charge in [-0.1, -0.05) is 45.6 Å². The zero-order valence-electron chi connectivity index (χ0n) is 45.3. The summed E-state index contributed by atoms with van der Waals surface area (Å²) in [7, 11) is 0. The number of carbonyl (C=O) groups is 2. The summed E-state index contributed by atoms with van der Waals surface area (Å²) < 4.78 is 35.0. The number of nitrogens with one attached hydrogen (secondary N) is 5. The zero-order chi connectivity index (χ0) is 55.9. The third-order valence-corrected chi connectivity index (χ3v) is 15.7. The predicted molar refractivity (Wildman–Crippen MR) is 303 cm³/mol. The molecular formula is C57H74F2N14O6. The molecule has 20 nitrogen and oxygen atoms in total. The molecule has 2 aromatic carbocycles. The van der Waals surface area contributed by atoms with Gasteiger partial charge in [0.25, 0.3) is 0 Å². The van der Waals surface area contributed by atoms with Crippen molar-refractivity contribution in [3.8, 4) is 0 Å². The molecule has 2 aliphatic heterocycles. The van der Waals surface area contributed by atoms with Crippen molar-refractivity contribution in [1.82, 2.24) is 44.4 Å². The van der Waals surface area contributed by atoms with Crippen molar-refractivity contribution in [3.05, 3.63) is 109 Å². The van der Waals surface area contributed by atoms with Crippen LogP contribution in [0.5, 0.6) is 0 Å². The molecule has 2 aliphatic carbocycles. The summed E-state index contributed by atoms with van der Waals surface area (Å²) in [5.41, 5.74) is 1.43. The van der Waals surface area contributed by atoms with Gasteiger partial charge in [-0.3, -0.25) is 41.0 Å². The Bertz CT molecular complexity index is 3220. The van der Waals surface area contributed by atoms with E-state index in [1.165, 1.54) is 18.5 Å². The minimum absolute atomic E-state index is 0.0451. The maximum absolute atomic E-state index is 15.7. The monoisotopic (exact) mass is 1090 g/mol. The Balaban J connectivity index is 0.758. The molecule has 5 heterocycles. The fraction of sp³-hybridized carbons (Fsp3) is 0.509. The maximum Gasteiger partial charge on any atom is 0.341 e. The minimum Gasteiger partial charge on any atom is -0.477 e. The van der Waals surface area contributed by atoms with Crippen molar-refractivity contribution in [2.75, 3.05) is 95.0 Å². The van der Waals surface area contributed by atoms with Crippen molar-refractivity contribution in [2.45, 2.75) is 103 Å². The van der Waals surface area contributed by atoms with Gasteiger partial charge in [0.2, 0.25) is 10.9 Å². The van der Waals surface area contributed by atoms with E-state index in [-0.39, 0.29) is 45.9 Å². The molecule has 79 heavy (non-hydrogen) atoms. The fourth-order valence-corrected chi connectivity index (χ4v) is 10.8. The average molecular weight is 1090 g/mol. The number of aromatic nitrogens is 3. The number of nitrogens with zero attached hydrogens (tertiary/aromatic N) is 9. The molecule has 0 atom stereocenters. The number of hydrogen-bond donors (Lipinski definition) is 7. The number of guanidine groups is 3. The van der Waals surface area contributed by atoms with E-state index in [1.807, 2.05) is 42.4 Å². The smallest absolute Gasteiger partial charge is 0.341 e. The summed E-state index contributed by atoms with van der Waals surface area (Å²) in [5, 5.41) is 53.0. The van der Waals surface area contributed by atoms with Gasteiger partial charge in [0.1, 0.15) is 22.8 Å². The summed E-state index contributed by atoms with van der Waals surface area (Å²) in [6.07, 6.45) is 13.3. The second-order valence-electron chi connectivity index (χ2n) is 21.4. The number of piperazine rings is 2. The van der Waals surface area contributed by atoms with E-state index in [4.69, 9.17) is 21.2 Å². The van der Waals surface area contributed by atoms with E-state index in [1.54, 1.807) is 16.7 Å². The second kappa shape index (κ2) is 25.0. The molecule has 0 bridgehead atoms. The van der Waals surface area contributed by atoms with Crippen LogP contribution in [0.3, 0.4) is 0 Å². The van der Waals surface area contributed by atoms with E-state index < -0.39 is 34.4 Å². The number of benzene rings is 2. The van der Waals surface area contributed by atoms with Crippen LogP contribution in [0.2, 0.25) is 0 Å². The molecule has 422 valence electrons. The van der Waals surface area contributed by atoms with E-state index in [9.17, 15) is 29.4 Å². The lowest BCUT2D eigenvalue weighted by Gasteiger charge is -2.38. The molecule has 4 aliphatic rings. The molecule has 7 N–H and O–H groups in total. The molecule has 0 spiro atoms. The Labute approximate surface area is 458 Å². The lowest BCUT2D eigenvalue weighted by atomic mass is 10.1. The first-order valence-corrected chi connectivity index (χ1v) is 28.0. The number of anilines is 2. The van der Waals surface area contributed by atoms with Crippen LogP contribution in [-0.4, -0.2) is 159 Å². The van der Waals surface area contributed by atoms with Gasteiger partial charge in [0, 0.05) is 138 Å². The minimum atomic E-state index is -1.34. The van der Waals surface area contributed by atoms with Crippen molar-refractivity contribution >= 4 is 63.0 Å². The first-order chi connectivity index (χ1) is 38.1. The van der Waals surface area contributed by atoms with Crippen molar-refractivity contribution in [1.29, 1.82) is 16.2 Å². The summed E-state index contributed by atoms with van der Waals surface area (Å²) in [4.78, 5) is 66.6. The predicted octanol–water partition coefficient (Wildman–Crippen LogP) is 6.71. The number of halogens is 2. The van der Waals surface area contributed by atoms with E-state index >= 15 is 8.78 Å². The average Bonchev–Trinajstić information content (AvgIpc) is 4.58. The highest BCUT2D eigenvalue weighted by Crippen LogP contribution is 2.39. The van der Waals surface area contributed by atoms with Crippen molar-refractivity contribution < 1.29 is 28.6 Å². The van der Waals surface area contributed by atoms with E-state index in [0.29, 0.717) is 126 Å². The summed E-state index contributed by atoms with van der Waals surface area (Å²) in [6, 6.07) is 11.8. The topological polar surface area (TPSA) is 247 Å². The maximum atomic E-state index is 15.7. The third-order valence-electron chi connectivity index (χ3n) is 15.7. The summed E-state index contributed by atoms with van der Waals surface area (Å²) in [6.45, 7) is 11.0. The molecule has 4 fully saturated rings. The van der Waals surface area contributed by atoms with Crippen LogP contribution in [-0.2, 0) is 12.8 Å². The molecule has 3 aromatic heterocycles. The number of pyridine rings is 3. The normalized spacial score (nSPS) is 15.9. The van der Waals surface area contributed by atoms with Gasteiger partial charge in [-0.15, -0.1) is 0 Å². The second-order valence-corrected chi connectivity index (χ2v) is 21.4. The Morgan fingerprint density at radius 2 is 1.10 bits per heavy atom. The summed E-state index contributed by atoms with van der Waals surface area (Å²) in [5.74, 6) is -3.30. The highest BCUT2D eigenvalue weighted by molar-refractivity contribution is 5.96. The molecule has 0 radical (unpaired) electrons. The molecule has 2 saturated heterocycles. The number of carboxylic acid groups (broad SMARTS) is 2. The van der Waals surface area contributed by atoms with Gasteiger partial charge in [0.15, 0.2) is 17.9 Å². The molecule has 2 saturated carbocycles. The summed E-state index contributed by atoms with van der Waals surface area (Å²) >= 11 is 0. The number of hydrogen-bond acceptors (Lipinski definition) is 11. The third kappa shape index (κ3) is 13.3. The van der Waals surface area contributed by atoms with Gasteiger partial charge >= 0.3 is 11.9 Å². The highest BCUT2D eigenvalue weighted by Gasteiger charge is 2.31. The Kier molecular flexibility index (Phi) is 17.8. The van der Waals surface area contributed by atoms with Crippen LogP contribution in [0.25, 0.3) is 21.8 Å². The standard InChI is InChI=1S/C57H74F2N14O6/c1-3-5-7-18-69(55(60)63-36-66-22-24-67(25-23-66)49-32-47-41(30-45(49)58)51(74)43(53(76)77)34-72(47)39-12-13-39)20-16-37-10-9-11-38(64-37)17-21-70(19-8-6-4-2)56(61)65-57(62)71-28-26-68(27-29-71)50-33-48-42(31-46(50)59)52(75)44(54(78)79)35-73(48)40-14-15-40/h9-11,30-35,39-40H,3-8,12-29,36H2,1-2H3,(H2,60,63)(H,76,77)(H,78,79)(H3,61,62,65). The van der Waals surface area contributed by atoms with E-state index in [2.05, 4.69) is 34.3 Å². The van der Waals surface area contributed by atoms with Crippen LogP contribution in [0.4, 0.5) is 20.2 Å². The number of aromatic carboxylic acids is 2. The Morgan fingerprint density at radius 3 is 1.54 bits per heavy atom. The number of rotatable bonds is 22. The molecule has 5 aromatic rings. The van der Waals surface area contributed by atoms with Crippen LogP contribution >= 0.6 is 0 Å². The quantitative estimate of drug-likeness (QED) is 0.0216. The number of unbranched alkanes of at least 4 members (excludes halogenated alkanes) is 4. The van der Waals surface area contributed by atoms with Crippen LogP contribution < -0.4 is 31.3 Å². The number of carboxylic acids is 2. The van der Waals surface area contributed by atoms with Gasteiger partial charge in [-0.05, 0) is 74.9 Å². The molecule has 0 amide bonds. The lowest BCUT2D eigenvalue weighted by Crippen LogP contribution is -2.55. The Hall–Kier alpha value is -7.62. The number of fused-ring (bicyclic) bond motifs is 2. The fourth-order valence-electron chi connectivity index (χ4n) is 10.8. The van der Waals surface area contributed by atoms with Gasteiger partial charge in [0.05, 0.1) is 29.1 Å². The molecule has 22 heteroatoms. The zero-order valence-corrected chi connectivity index (χ0v) is 45.3. The SMILES string of the molecule is CCCCCN(CCc1cccc(CCN(CCCCC)C(=N)NC(=N)N2CCN(c3cc4c(cc3F)c(=O)c(C(=O)O)cn4C3CC3)CC2)n1)C(=N)NCN1CCN(c2cc3c(cc2F)c(=O)c(C(=O)O)cn3C2CC2)CC1. The lowest BCUT2D eigenvalue weighted by molar-refractivity contribution is 0.0684. The highest BCUT2D eigenvalue weighted by atomic mass is 19.1. The van der Waals surface area contributed by atoms with Crippen LogP contribution in [0.1, 0.15) is 122 Å². The largest absolute Gasteiger partial charge is 0.477 e.